The first kappa shape index (κ1) is 23.2. The van der Waals surface area contributed by atoms with Gasteiger partial charge in [0.25, 0.3) is 5.91 Å². The highest BCUT2D eigenvalue weighted by Crippen LogP contribution is 2.27. The average Bonchev–Trinajstić information content (AvgIpc) is 2.71. The van der Waals surface area contributed by atoms with Crippen molar-refractivity contribution in [3.05, 3.63) is 23.8 Å². The minimum absolute atomic E-state index is 0.0180. The Bertz CT molecular complexity index is 654. The van der Waals surface area contributed by atoms with E-state index in [0.29, 0.717) is 24.2 Å². The fourth-order valence-corrected chi connectivity index (χ4v) is 3.70. The van der Waals surface area contributed by atoms with Crippen LogP contribution in [0.3, 0.4) is 0 Å². The Kier molecular flexibility index (Phi) is 9.98. The average molecular weight is 404 g/mol. The summed E-state index contributed by atoms with van der Waals surface area (Å²) < 4.78 is 0. The summed E-state index contributed by atoms with van der Waals surface area (Å²) in [5, 5.41) is 6.03. The smallest absolute Gasteiger partial charge is 0.253 e. The van der Waals surface area contributed by atoms with Crippen molar-refractivity contribution in [1.29, 1.82) is 0 Å². The molecule has 0 saturated carbocycles. The fourth-order valence-electron chi connectivity index (χ4n) is 3.70. The third-order valence-electron chi connectivity index (χ3n) is 5.37. The van der Waals surface area contributed by atoms with Crippen LogP contribution in [0.15, 0.2) is 18.2 Å². The third-order valence-corrected chi connectivity index (χ3v) is 5.37. The summed E-state index contributed by atoms with van der Waals surface area (Å²) in [5.74, 6) is -0.0362. The van der Waals surface area contributed by atoms with Crippen LogP contribution in [-0.4, -0.2) is 52.1 Å². The molecule has 6 nitrogen and oxygen atoms in total. The molecule has 0 unspecified atom stereocenters. The van der Waals surface area contributed by atoms with Gasteiger partial charge in [-0.1, -0.05) is 19.8 Å². The van der Waals surface area contributed by atoms with Crippen LogP contribution in [0.2, 0.25) is 0 Å². The molecule has 1 heterocycles. The molecule has 0 aliphatic carbocycles. The molecule has 162 valence electrons. The van der Waals surface area contributed by atoms with Gasteiger partial charge in [0.1, 0.15) is 0 Å². The summed E-state index contributed by atoms with van der Waals surface area (Å²) in [6.07, 6.45) is 8.08. The third kappa shape index (κ3) is 8.05. The van der Waals surface area contributed by atoms with E-state index in [-0.39, 0.29) is 11.8 Å². The highest BCUT2D eigenvalue weighted by molar-refractivity contribution is 6.02. The second kappa shape index (κ2) is 12.5. The maximum atomic E-state index is 12.9. The van der Waals surface area contributed by atoms with E-state index in [2.05, 4.69) is 36.6 Å². The van der Waals surface area contributed by atoms with E-state index in [0.717, 1.165) is 63.8 Å². The normalized spacial score (nSPS) is 14.1. The minimum Gasteiger partial charge on any atom is -0.371 e. The number of amides is 2. The van der Waals surface area contributed by atoms with Crippen molar-refractivity contribution in [2.75, 3.05) is 50.5 Å². The number of hydrogen-bond donors (Lipinski definition) is 3. The molecule has 6 heteroatoms. The molecule has 1 aromatic rings. The van der Waals surface area contributed by atoms with E-state index in [9.17, 15) is 9.59 Å². The number of nitrogens with zero attached hydrogens (tertiary/aromatic N) is 1. The molecule has 0 radical (unpaired) electrons. The lowest BCUT2D eigenvalue weighted by atomic mass is 10.1. The van der Waals surface area contributed by atoms with Crippen molar-refractivity contribution in [1.82, 2.24) is 5.32 Å². The Hall–Kier alpha value is -2.08. The molecule has 0 bridgehead atoms. The molecular weight excluding hydrogens is 364 g/mol. The molecule has 0 aromatic heterocycles. The van der Waals surface area contributed by atoms with Crippen molar-refractivity contribution in [3.8, 4) is 0 Å². The first-order valence-corrected chi connectivity index (χ1v) is 11.3. The highest BCUT2D eigenvalue weighted by Gasteiger charge is 2.19. The molecule has 3 N–H and O–H groups in total. The number of carbonyl (C=O) groups is 2. The van der Waals surface area contributed by atoms with Gasteiger partial charge in [0.2, 0.25) is 5.91 Å². The topological polar surface area (TPSA) is 65.9 Å². The van der Waals surface area contributed by atoms with E-state index in [4.69, 9.17) is 0 Å². The molecule has 0 atom stereocenters. The Morgan fingerprint density at radius 3 is 2.52 bits per heavy atom. The summed E-state index contributed by atoms with van der Waals surface area (Å²) in [6.45, 7) is 5.77. The van der Waals surface area contributed by atoms with E-state index in [1.807, 2.05) is 18.2 Å². The molecule has 1 saturated heterocycles. The minimum atomic E-state index is -0.0542. The zero-order chi connectivity index (χ0) is 21.1. The number of rotatable bonds is 11. The lowest BCUT2D eigenvalue weighted by molar-refractivity contribution is -0.858. The van der Waals surface area contributed by atoms with E-state index >= 15 is 0 Å². The van der Waals surface area contributed by atoms with Gasteiger partial charge in [0.15, 0.2) is 0 Å². The van der Waals surface area contributed by atoms with Crippen molar-refractivity contribution < 1.29 is 14.5 Å². The molecule has 1 aromatic carbocycles. The van der Waals surface area contributed by atoms with Gasteiger partial charge in [-0.05, 0) is 43.9 Å². The second-order valence-corrected chi connectivity index (χ2v) is 8.35. The van der Waals surface area contributed by atoms with Crippen LogP contribution in [0.5, 0.6) is 0 Å². The van der Waals surface area contributed by atoms with Crippen LogP contribution in [0.25, 0.3) is 0 Å². The van der Waals surface area contributed by atoms with Crippen LogP contribution in [0.4, 0.5) is 11.4 Å². The van der Waals surface area contributed by atoms with Gasteiger partial charge in [-0.3, -0.25) is 9.59 Å². The predicted molar refractivity (Wildman–Crippen MR) is 120 cm³/mol. The van der Waals surface area contributed by atoms with Crippen molar-refractivity contribution in [2.45, 2.75) is 58.3 Å². The number of quaternary nitrogens is 1. The molecular formula is C23H39N4O2+. The number of hydrogen-bond acceptors (Lipinski definition) is 3. The van der Waals surface area contributed by atoms with E-state index < -0.39 is 0 Å². The maximum Gasteiger partial charge on any atom is 0.253 e. The molecule has 1 aliphatic rings. The van der Waals surface area contributed by atoms with Gasteiger partial charge in [-0.25, -0.2) is 0 Å². The second-order valence-electron chi connectivity index (χ2n) is 8.35. The monoisotopic (exact) mass is 403 g/mol. The van der Waals surface area contributed by atoms with Crippen LogP contribution in [-0.2, 0) is 4.79 Å². The summed E-state index contributed by atoms with van der Waals surface area (Å²) in [6, 6.07) is 5.76. The first-order chi connectivity index (χ1) is 14.0. The molecule has 1 aliphatic heterocycles. The molecule has 2 amide bonds. The Balaban J connectivity index is 2.09. The Labute approximate surface area is 176 Å². The summed E-state index contributed by atoms with van der Waals surface area (Å²) >= 11 is 0. The summed E-state index contributed by atoms with van der Waals surface area (Å²) in [7, 11) is 4.23. The quantitative estimate of drug-likeness (QED) is 0.497. The largest absolute Gasteiger partial charge is 0.371 e. The van der Waals surface area contributed by atoms with Crippen LogP contribution >= 0.6 is 0 Å². The van der Waals surface area contributed by atoms with E-state index in [1.165, 1.54) is 11.3 Å². The van der Waals surface area contributed by atoms with Gasteiger partial charge in [0.05, 0.1) is 26.2 Å². The van der Waals surface area contributed by atoms with Gasteiger partial charge >= 0.3 is 0 Å². The van der Waals surface area contributed by atoms with Crippen LogP contribution < -0.4 is 20.4 Å². The lowest BCUT2D eigenvalue weighted by Gasteiger charge is -2.30. The highest BCUT2D eigenvalue weighted by atomic mass is 16.2. The summed E-state index contributed by atoms with van der Waals surface area (Å²) in [4.78, 5) is 28.8. The number of nitrogens with one attached hydrogen (secondary N) is 3. The standard InChI is InChI=1S/C23H38N4O2/c1-4-5-7-11-22(28)25-19-12-13-21(27-16-8-6-9-17-27)20(18-19)23(29)24-14-10-15-26(2)3/h12-13,18H,4-11,14-17H2,1-3H3,(H,24,29)(H,25,28)/p+1. The Morgan fingerprint density at radius 1 is 1.07 bits per heavy atom. The van der Waals surface area contributed by atoms with Crippen molar-refractivity contribution in [2.24, 2.45) is 0 Å². The lowest BCUT2D eigenvalue weighted by Crippen LogP contribution is -3.05. The molecule has 1 fully saturated rings. The summed E-state index contributed by atoms with van der Waals surface area (Å²) in [5.41, 5.74) is 2.34. The van der Waals surface area contributed by atoms with Gasteiger partial charge in [-0.15, -0.1) is 0 Å². The van der Waals surface area contributed by atoms with Crippen molar-refractivity contribution in [3.63, 3.8) is 0 Å². The van der Waals surface area contributed by atoms with Gasteiger partial charge < -0.3 is 20.4 Å². The maximum absolute atomic E-state index is 12.9. The van der Waals surface area contributed by atoms with E-state index in [1.54, 1.807) is 0 Å². The number of anilines is 2. The van der Waals surface area contributed by atoms with Gasteiger partial charge in [-0.2, -0.15) is 0 Å². The zero-order valence-corrected chi connectivity index (χ0v) is 18.5. The molecule has 29 heavy (non-hydrogen) atoms. The molecule has 0 spiro atoms. The predicted octanol–water partition coefficient (Wildman–Crippen LogP) is 2.46. The number of piperidine rings is 1. The number of unbranched alkanes of at least 4 members (excludes halogenated alkanes) is 2. The van der Waals surface area contributed by atoms with Crippen LogP contribution in [0.1, 0.15) is 68.6 Å². The van der Waals surface area contributed by atoms with Crippen LogP contribution in [0, 0.1) is 0 Å². The first-order valence-electron chi connectivity index (χ1n) is 11.3. The van der Waals surface area contributed by atoms with Gasteiger partial charge in [0, 0.05) is 43.9 Å². The SMILES string of the molecule is CCCCCC(=O)Nc1ccc(N2CCCCC2)c(C(=O)NCCC[NH+](C)C)c1. The Morgan fingerprint density at radius 2 is 1.83 bits per heavy atom. The number of carbonyl (C=O) groups excluding carboxylic acids is 2. The number of benzene rings is 1. The fraction of sp³-hybridized carbons (Fsp3) is 0.652. The zero-order valence-electron chi connectivity index (χ0n) is 18.5. The van der Waals surface area contributed by atoms with Crippen molar-refractivity contribution >= 4 is 23.2 Å². The molecule has 2 rings (SSSR count).